The summed E-state index contributed by atoms with van der Waals surface area (Å²) in [4.78, 5) is 9.27. The third-order valence-corrected chi connectivity index (χ3v) is 6.38. The van der Waals surface area contributed by atoms with Crippen molar-refractivity contribution in [2.75, 3.05) is 12.4 Å². The van der Waals surface area contributed by atoms with Crippen LogP contribution >= 0.6 is 11.3 Å². The van der Waals surface area contributed by atoms with Crippen LogP contribution in [-0.2, 0) is 10.0 Å². The molecule has 0 spiro atoms. The maximum atomic E-state index is 11.5. The number of thiophene rings is 1. The van der Waals surface area contributed by atoms with Crippen molar-refractivity contribution >= 4 is 33.0 Å². The van der Waals surface area contributed by atoms with Gasteiger partial charge < -0.3 is 10.1 Å². The molecule has 0 aliphatic heterocycles. The van der Waals surface area contributed by atoms with E-state index in [0.717, 1.165) is 17.0 Å². The van der Waals surface area contributed by atoms with Gasteiger partial charge in [0.1, 0.15) is 10.0 Å². The lowest BCUT2D eigenvalue weighted by Crippen LogP contribution is -2.09. The normalized spacial score (nSPS) is 14.4. The van der Waals surface area contributed by atoms with Gasteiger partial charge in [-0.05, 0) is 25.0 Å². The Morgan fingerprint density at radius 2 is 2.12 bits per heavy atom. The minimum Gasteiger partial charge on any atom is -0.481 e. The summed E-state index contributed by atoms with van der Waals surface area (Å²) in [5.41, 5.74) is 1.10. The lowest BCUT2D eigenvalue weighted by atomic mass is 10.3. The fourth-order valence-corrected chi connectivity index (χ4v) is 4.10. The Labute approximate surface area is 159 Å². The third-order valence-electron chi connectivity index (χ3n) is 3.86. The van der Waals surface area contributed by atoms with Gasteiger partial charge >= 0.3 is 0 Å². The number of rotatable bonds is 6. The van der Waals surface area contributed by atoms with Crippen molar-refractivity contribution in [1.82, 2.24) is 20.2 Å². The molecule has 0 aromatic carbocycles. The Morgan fingerprint density at radius 1 is 1.31 bits per heavy atom. The standard InChI is InChI=1S/C15H16N6O3S2.4H2/c1-24-13-7-11(17-12-6-9(20-21-12)8-2-3-8)18-15(19-13)10-4-5-14(25-10)26(16,22)23;;;;/h4-8H,2-3H2,1H3,(H2,16,22,23)(H2,17,18,19,20,21);4*1H. The van der Waals surface area contributed by atoms with Crippen LogP contribution in [0.4, 0.5) is 11.6 Å². The van der Waals surface area contributed by atoms with Crippen molar-refractivity contribution in [3.8, 4) is 16.6 Å². The summed E-state index contributed by atoms with van der Waals surface area (Å²) in [6.45, 7) is 0. The first-order valence-electron chi connectivity index (χ1n) is 7.81. The first kappa shape index (κ1) is 16.9. The van der Waals surface area contributed by atoms with Gasteiger partial charge in [0.2, 0.25) is 15.9 Å². The van der Waals surface area contributed by atoms with E-state index >= 15 is 0 Å². The molecular weight excluding hydrogens is 376 g/mol. The molecule has 3 heterocycles. The van der Waals surface area contributed by atoms with E-state index in [1.165, 1.54) is 26.0 Å². The van der Waals surface area contributed by atoms with E-state index in [2.05, 4.69) is 25.5 Å². The number of hydrogen-bond donors (Lipinski definition) is 3. The lowest BCUT2D eigenvalue weighted by molar-refractivity contribution is 0.398. The van der Waals surface area contributed by atoms with Crippen molar-refractivity contribution in [1.29, 1.82) is 0 Å². The highest BCUT2D eigenvalue weighted by Crippen LogP contribution is 2.39. The molecule has 0 radical (unpaired) electrons. The van der Waals surface area contributed by atoms with Gasteiger partial charge in [-0.3, -0.25) is 5.10 Å². The zero-order valence-electron chi connectivity index (χ0n) is 13.8. The number of nitrogens with one attached hydrogen (secondary N) is 2. The molecule has 1 fully saturated rings. The SMILES string of the molecule is COc1cc(Nc2cc(C3CC3)[nH]n2)nc(-c2ccc(S(N)(=O)=O)s2)n1.[HH].[HH].[HH].[HH]. The van der Waals surface area contributed by atoms with Gasteiger partial charge in [-0.1, -0.05) is 0 Å². The number of ether oxygens (including phenoxy) is 1. The minimum atomic E-state index is -3.76. The van der Waals surface area contributed by atoms with Crippen LogP contribution in [0.3, 0.4) is 0 Å². The molecule has 0 atom stereocenters. The van der Waals surface area contributed by atoms with Gasteiger partial charge in [-0.15, -0.1) is 11.3 Å². The van der Waals surface area contributed by atoms with E-state index in [1.54, 1.807) is 12.1 Å². The highest BCUT2D eigenvalue weighted by molar-refractivity contribution is 7.91. The molecule has 0 amide bonds. The van der Waals surface area contributed by atoms with Crippen molar-refractivity contribution in [2.45, 2.75) is 23.0 Å². The van der Waals surface area contributed by atoms with Gasteiger partial charge in [-0.2, -0.15) is 10.1 Å². The molecule has 1 saturated carbocycles. The highest BCUT2D eigenvalue weighted by atomic mass is 32.2. The number of anilines is 2. The van der Waals surface area contributed by atoms with Crippen LogP contribution in [0.25, 0.3) is 10.7 Å². The van der Waals surface area contributed by atoms with Crippen LogP contribution in [0.15, 0.2) is 28.5 Å². The molecule has 1 aliphatic rings. The van der Waals surface area contributed by atoms with E-state index in [-0.39, 0.29) is 9.92 Å². The molecule has 26 heavy (non-hydrogen) atoms. The quantitative estimate of drug-likeness (QED) is 0.578. The van der Waals surface area contributed by atoms with Gasteiger partial charge in [0.05, 0.1) is 12.0 Å². The maximum absolute atomic E-state index is 11.5. The Morgan fingerprint density at radius 3 is 2.77 bits per heavy atom. The summed E-state index contributed by atoms with van der Waals surface area (Å²) < 4.78 is 28.2. The van der Waals surface area contributed by atoms with Crippen LogP contribution in [0.2, 0.25) is 0 Å². The van der Waals surface area contributed by atoms with Crippen LogP contribution in [0.1, 0.15) is 30.2 Å². The van der Waals surface area contributed by atoms with Crippen LogP contribution < -0.4 is 15.2 Å². The Hall–Kier alpha value is -2.50. The average molecular weight is 401 g/mol. The average Bonchev–Trinajstić information content (AvgIpc) is 3.13. The molecule has 0 saturated heterocycles. The number of aromatic amines is 1. The molecule has 0 bridgehead atoms. The van der Waals surface area contributed by atoms with Gasteiger partial charge in [-0.25, -0.2) is 18.5 Å². The molecule has 4 N–H and O–H groups in total. The summed E-state index contributed by atoms with van der Waals surface area (Å²) in [6.07, 6.45) is 2.36. The second-order valence-electron chi connectivity index (χ2n) is 5.89. The molecule has 3 aromatic rings. The minimum absolute atomic E-state index is 0. The van der Waals surface area contributed by atoms with E-state index in [9.17, 15) is 8.42 Å². The molecule has 1 aliphatic carbocycles. The molecule has 144 valence electrons. The van der Waals surface area contributed by atoms with Gasteiger partial charge in [0.25, 0.3) is 0 Å². The topological polar surface area (TPSA) is 136 Å². The van der Waals surface area contributed by atoms with Crippen molar-refractivity contribution in [3.63, 3.8) is 0 Å². The number of primary sulfonamides is 1. The summed E-state index contributed by atoms with van der Waals surface area (Å²) >= 11 is 1.00. The predicted molar refractivity (Wildman–Crippen MR) is 106 cm³/mol. The highest BCUT2D eigenvalue weighted by Gasteiger charge is 2.25. The Balaban J connectivity index is 0.00000210. The van der Waals surface area contributed by atoms with Gasteiger partial charge in [0, 0.05) is 29.5 Å². The number of H-pyrrole nitrogens is 1. The van der Waals surface area contributed by atoms with E-state index < -0.39 is 10.0 Å². The van der Waals surface area contributed by atoms with Crippen LogP contribution in [-0.4, -0.2) is 35.7 Å². The number of hydrogen-bond acceptors (Lipinski definition) is 8. The Bertz CT molecular complexity index is 1070. The molecule has 9 nitrogen and oxygen atoms in total. The van der Waals surface area contributed by atoms with Crippen LogP contribution in [0, 0.1) is 0 Å². The number of sulfonamides is 1. The van der Waals surface area contributed by atoms with Crippen molar-refractivity contribution < 1.29 is 18.9 Å². The van der Waals surface area contributed by atoms with E-state index in [4.69, 9.17) is 9.88 Å². The predicted octanol–water partition coefficient (Wildman–Crippen LogP) is 3.19. The largest absolute Gasteiger partial charge is 0.481 e. The van der Waals surface area contributed by atoms with Crippen molar-refractivity contribution in [3.05, 3.63) is 30.0 Å². The van der Waals surface area contributed by atoms with Crippen LogP contribution in [0.5, 0.6) is 5.88 Å². The fourth-order valence-electron chi connectivity index (χ4n) is 2.43. The number of nitrogens with zero attached hydrogens (tertiary/aromatic N) is 3. The molecule has 3 aromatic heterocycles. The molecule has 0 unspecified atom stereocenters. The third kappa shape index (κ3) is 3.54. The number of nitrogens with two attached hydrogens (primary N) is 1. The first-order valence-corrected chi connectivity index (χ1v) is 10.2. The summed E-state index contributed by atoms with van der Waals surface area (Å²) in [5.74, 6) is 2.39. The monoisotopic (exact) mass is 400 g/mol. The van der Waals surface area contributed by atoms with E-state index in [1.807, 2.05) is 6.07 Å². The smallest absolute Gasteiger partial charge is 0.247 e. The zero-order valence-corrected chi connectivity index (χ0v) is 15.4. The second-order valence-corrected chi connectivity index (χ2v) is 8.76. The fraction of sp³-hybridized carbons (Fsp3) is 0.267. The maximum Gasteiger partial charge on any atom is 0.247 e. The second kappa shape index (κ2) is 6.34. The van der Waals surface area contributed by atoms with Crippen molar-refractivity contribution in [2.24, 2.45) is 5.14 Å². The van der Waals surface area contributed by atoms with E-state index in [0.29, 0.717) is 34.1 Å². The molecular formula is C15H24N6O3S2. The number of aromatic nitrogens is 4. The first-order chi connectivity index (χ1) is 12.4. The Kier molecular flexibility index (Phi) is 4.13. The summed E-state index contributed by atoms with van der Waals surface area (Å²) in [7, 11) is -2.26. The van der Waals surface area contributed by atoms with Gasteiger partial charge in [0.15, 0.2) is 11.6 Å². The zero-order chi connectivity index (χ0) is 18.3. The molecule has 4 rings (SSSR count). The summed E-state index contributed by atoms with van der Waals surface area (Å²) in [5, 5.41) is 15.5. The summed E-state index contributed by atoms with van der Waals surface area (Å²) in [6, 6.07) is 6.64. The number of methoxy groups -OCH3 is 1. The molecule has 11 heteroatoms. The lowest BCUT2D eigenvalue weighted by Gasteiger charge is -2.06.